The van der Waals surface area contributed by atoms with Crippen molar-refractivity contribution in [2.24, 2.45) is 0 Å². The molecule has 26 heavy (non-hydrogen) atoms. The second-order valence-corrected chi connectivity index (χ2v) is 8.98. The van der Waals surface area contributed by atoms with Crippen molar-refractivity contribution >= 4 is 29.4 Å². The number of carbonyl (C=O) groups is 3. The average molecular weight is 375 g/mol. The first-order valence-electron chi connectivity index (χ1n) is 9.11. The summed E-state index contributed by atoms with van der Waals surface area (Å²) in [5, 5.41) is 0. The molecule has 1 aromatic rings. The number of benzene rings is 1. The lowest BCUT2D eigenvalue weighted by Crippen LogP contribution is -2.50. The number of hydrogen-bond acceptors (Lipinski definition) is 4. The third-order valence-corrected chi connectivity index (χ3v) is 6.07. The minimum absolute atomic E-state index is 0.00950. The standard InChI is InChI=1S/C20H26N2O3S/c1-20(2,3)15-8-6-14(7-9-15)17(23)19(25)22-13-26-12-16(22)18(24)21-10-4-5-11-21/h6-9,16H,4-5,10-13H2,1-3H3/t16-/m1/s1. The number of ketones is 1. The predicted molar refractivity (Wildman–Crippen MR) is 103 cm³/mol. The molecular weight excluding hydrogens is 348 g/mol. The molecule has 140 valence electrons. The lowest BCUT2D eigenvalue weighted by molar-refractivity contribution is -0.140. The van der Waals surface area contributed by atoms with Gasteiger partial charge in [-0.2, -0.15) is 0 Å². The van der Waals surface area contributed by atoms with Gasteiger partial charge in [0.05, 0.1) is 5.88 Å². The third kappa shape index (κ3) is 3.80. The number of thioether (sulfide) groups is 1. The Morgan fingerprint density at radius 3 is 2.23 bits per heavy atom. The molecule has 5 nitrogen and oxygen atoms in total. The van der Waals surface area contributed by atoms with Gasteiger partial charge in [-0.15, -0.1) is 11.8 Å². The van der Waals surface area contributed by atoms with Gasteiger partial charge in [-0.3, -0.25) is 14.4 Å². The summed E-state index contributed by atoms with van der Waals surface area (Å²) < 4.78 is 0. The van der Waals surface area contributed by atoms with E-state index in [0.29, 0.717) is 17.2 Å². The van der Waals surface area contributed by atoms with Gasteiger partial charge < -0.3 is 9.80 Å². The van der Waals surface area contributed by atoms with Crippen LogP contribution in [-0.2, 0) is 15.0 Å². The largest absolute Gasteiger partial charge is 0.341 e. The van der Waals surface area contributed by atoms with E-state index >= 15 is 0 Å². The van der Waals surface area contributed by atoms with Crippen molar-refractivity contribution in [1.29, 1.82) is 0 Å². The minimum atomic E-state index is -0.573. The molecule has 2 amide bonds. The van der Waals surface area contributed by atoms with Gasteiger partial charge in [0.15, 0.2) is 0 Å². The first-order chi connectivity index (χ1) is 12.3. The molecule has 0 aliphatic carbocycles. The van der Waals surface area contributed by atoms with Crippen LogP contribution in [0.4, 0.5) is 0 Å². The maximum absolute atomic E-state index is 12.7. The second kappa shape index (κ2) is 7.43. The molecule has 2 fully saturated rings. The number of carbonyl (C=O) groups excluding carboxylic acids is 3. The zero-order valence-corrected chi connectivity index (χ0v) is 16.5. The van der Waals surface area contributed by atoms with Gasteiger partial charge in [0.25, 0.3) is 5.91 Å². The molecule has 0 bridgehead atoms. The second-order valence-electron chi connectivity index (χ2n) is 7.98. The molecule has 2 aliphatic rings. The normalized spacial score (nSPS) is 20.5. The Kier molecular flexibility index (Phi) is 5.42. The van der Waals surface area contributed by atoms with E-state index in [1.807, 2.05) is 17.0 Å². The fraction of sp³-hybridized carbons (Fsp3) is 0.550. The van der Waals surface area contributed by atoms with Gasteiger partial charge in [0, 0.05) is 24.4 Å². The topological polar surface area (TPSA) is 57.7 Å². The average Bonchev–Trinajstić information content (AvgIpc) is 3.30. The van der Waals surface area contributed by atoms with E-state index in [-0.39, 0.29) is 11.3 Å². The molecule has 2 aliphatic heterocycles. The summed E-state index contributed by atoms with van der Waals surface area (Å²) in [6, 6.07) is 6.70. The van der Waals surface area contributed by atoms with Crippen LogP contribution >= 0.6 is 11.8 Å². The van der Waals surface area contributed by atoms with Crippen molar-refractivity contribution in [3.63, 3.8) is 0 Å². The Labute approximate surface area is 159 Å². The van der Waals surface area contributed by atoms with Crippen LogP contribution in [0.2, 0.25) is 0 Å². The molecule has 3 rings (SSSR count). The van der Waals surface area contributed by atoms with Crippen molar-refractivity contribution in [2.45, 2.75) is 45.1 Å². The van der Waals surface area contributed by atoms with Crippen LogP contribution in [0.1, 0.15) is 49.5 Å². The Morgan fingerprint density at radius 2 is 1.65 bits per heavy atom. The van der Waals surface area contributed by atoms with Crippen molar-refractivity contribution < 1.29 is 14.4 Å². The van der Waals surface area contributed by atoms with Gasteiger partial charge in [0.1, 0.15) is 6.04 Å². The van der Waals surface area contributed by atoms with Crippen LogP contribution in [0, 0.1) is 0 Å². The fourth-order valence-electron chi connectivity index (χ4n) is 3.37. The van der Waals surface area contributed by atoms with Crippen molar-refractivity contribution in [2.75, 3.05) is 24.7 Å². The van der Waals surface area contributed by atoms with Crippen LogP contribution in [-0.4, -0.2) is 58.2 Å². The van der Waals surface area contributed by atoms with E-state index in [1.54, 1.807) is 12.1 Å². The quantitative estimate of drug-likeness (QED) is 0.603. The third-order valence-electron chi connectivity index (χ3n) is 5.05. The lowest BCUT2D eigenvalue weighted by Gasteiger charge is -2.26. The number of likely N-dealkylation sites (tertiary alicyclic amines) is 1. The molecule has 1 aromatic carbocycles. The predicted octanol–water partition coefficient (Wildman–Crippen LogP) is 2.69. The maximum Gasteiger partial charge on any atom is 0.296 e. The molecule has 0 saturated carbocycles. The van der Waals surface area contributed by atoms with E-state index in [4.69, 9.17) is 0 Å². The highest BCUT2D eigenvalue weighted by molar-refractivity contribution is 7.99. The van der Waals surface area contributed by atoms with E-state index in [0.717, 1.165) is 31.5 Å². The van der Waals surface area contributed by atoms with Gasteiger partial charge >= 0.3 is 0 Å². The van der Waals surface area contributed by atoms with Crippen LogP contribution in [0.5, 0.6) is 0 Å². The van der Waals surface area contributed by atoms with Gasteiger partial charge in [-0.05, 0) is 23.8 Å². The molecule has 0 spiro atoms. The SMILES string of the molecule is CC(C)(C)c1ccc(C(=O)C(=O)N2CSC[C@@H]2C(=O)N2CCCC2)cc1. The Bertz CT molecular complexity index is 703. The summed E-state index contributed by atoms with van der Waals surface area (Å²) in [6.45, 7) is 7.81. The molecule has 0 aromatic heterocycles. The highest BCUT2D eigenvalue weighted by atomic mass is 32.2. The van der Waals surface area contributed by atoms with E-state index in [1.165, 1.54) is 16.7 Å². The lowest BCUT2D eigenvalue weighted by atomic mass is 9.86. The zero-order chi connectivity index (χ0) is 18.9. The molecular formula is C20H26N2O3S. The monoisotopic (exact) mass is 374 g/mol. The summed E-state index contributed by atoms with van der Waals surface area (Å²) in [5.41, 5.74) is 1.48. The van der Waals surface area contributed by atoms with Crippen molar-refractivity contribution in [3.05, 3.63) is 35.4 Å². The van der Waals surface area contributed by atoms with E-state index in [9.17, 15) is 14.4 Å². The highest BCUT2D eigenvalue weighted by Gasteiger charge is 2.40. The molecule has 2 heterocycles. The van der Waals surface area contributed by atoms with Gasteiger partial charge in [-0.25, -0.2) is 0 Å². The molecule has 6 heteroatoms. The molecule has 2 saturated heterocycles. The van der Waals surface area contributed by atoms with E-state index in [2.05, 4.69) is 20.8 Å². The molecule has 1 atom stereocenters. The smallest absolute Gasteiger partial charge is 0.296 e. The highest BCUT2D eigenvalue weighted by Crippen LogP contribution is 2.26. The summed E-state index contributed by atoms with van der Waals surface area (Å²) in [7, 11) is 0. The number of rotatable bonds is 3. The number of amides is 2. The summed E-state index contributed by atoms with van der Waals surface area (Å²) in [6.07, 6.45) is 2.03. The fourth-order valence-corrected chi connectivity index (χ4v) is 4.52. The Morgan fingerprint density at radius 1 is 1.04 bits per heavy atom. The van der Waals surface area contributed by atoms with Gasteiger partial charge in [-0.1, -0.05) is 45.0 Å². The van der Waals surface area contributed by atoms with E-state index < -0.39 is 17.7 Å². The van der Waals surface area contributed by atoms with Crippen LogP contribution in [0.3, 0.4) is 0 Å². The number of Topliss-reactive ketones (excluding diaryl/α,β-unsaturated/α-hetero) is 1. The summed E-state index contributed by atoms with van der Waals surface area (Å²) in [4.78, 5) is 41.4. The number of hydrogen-bond donors (Lipinski definition) is 0. The Hall–Kier alpha value is -1.82. The maximum atomic E-state index is 12.7. The summed E-state index contributed by atoms with van der Waals surface area (Å²) >= 11 is 1.53. The van der Waals surface area contributed by atoms with Crippen LogP contribution in [0.15, 0.2) is 24.3 Å². The zero-order valence-electron chi connectivity index (χ0n) is 15.7. The van der Waals surface area contributed by atoms with Crippen LogP contribution in [0.25, 0.3) is 0 Å². The molecule has 0 unspecified atom stereocenters. The van der Waals surface area contributed by atoms with Crippen molar-refractivity contribution in [3.8, 4) is 0 Å². The number of nitrogens with zero attached hydrogens (tertiary/aromatic N) is 2. The molecule has 0 N–H and O–H groups in total. The van der Waals surface area contributed by atoms with Crippen LogP contribution < -0.4 is 0 Å². The molecule has 0 radical (unpaired) electrons. The first-order valence-corrected chi connectivity index (χ1v) is 10.3. The van der Waals surface area contributed by atoms with Crippen molar-refractivity contribution in [1.82, 2.24) is 9.80 Å². The minimum Gasteiger partial charge on any atom is -0.341 e. The summed E-state index contributed by atoms with van der Waals surface area (Å²) in [5.74, 6) is -0.161. The van der Waals surface area contributed by atoms with Gasteiger partial charge in [0.2, 0.25) is 11.7 Å². The first kappa shape index (κ1) is 19.0. The Balaban J connectivity index is 1.73.